The average molecular weight is 523 g/mol. The second kappa shape index (κ2) is 10.6. The number of carbonyl (C=O) groups is 2. The molecule has 0 fully saturated rings. The van der Waals surface area contributed by atoms with Crippen LogP contribution in [0.5, 0.6) is 5.75 Å². The Hall–Kier alpha value is -3.98. The molecule has 0 saturated heterocycles. The van der Waals surface area contributed by atoms with Crippen LogP contribution in [0.15, 0.2) is 64.5 Å². The second-order valence-electron chi connectivity index (χ2n) is 8.82. The van der Waals surface area contributed by atoms with Crippen LogP contribution in [-0.2, 0) is 16.1 Å². The van der Waals surface area contributed by atoms with Crippen molar-refractivity contribution in [1.82, 2.24) is 14.0 Å². The molecule has 4 rings (SSSR count). The van der Waals surface area contributed by atoms with E-state index in [1.165, 1.54) is 10.5 Å². The van der Waals surface area contributed by atoms with E-state index in [1.807, 2.05) is 6.92 Å². The van der Waals surface area contributed by atoms with Crippen molar-refractivity contribution in [3.05, 3.63) is 81.2 Å². The molecular formula is C27H27ClN4O5. The summed E-state index contributed by atoms with van der Waals surface area (Å²) in [6.07, 6.45) is 2.24. The number of ether oxygens (including phenoxy) is 2. The minimum absolute atomic E-state index is 0.00627. The molecule has 3 aromatic heterocycles. The van der Waals surface area contributed by atoms with E-state index >= 15 is 0 Å². The molecular weight excluding hydrogens is 496 g/mol. The first-order valence-corrected chi connectivity index (χ1v) is 12.3. The number of esters is 1. The molecule has 10 heteroatoms. The topological polar surface area (TPSA) is 104 Å². The van der Waals surface area contributed by atoms with Gasteiger partial charge in [0.05, 0.1) is 12.0 Å². The molecule has 0 atom stereocenters. The van der Waals surface area contributed by atoms with E-state index in [2.05, 4.69) is 9.98 Å². The Morgan fingerprint density at radius 1 is 1.11 bits per heavy atom. The normalized spacial score (nSPS) is 12.2. The number of aryl methyl sites for hydroxylation is 1. The fourth-order valence-electron chi connectivity index (χ4n) is 3.86. The molecule has 1 amide bonds. The van der Waals surface area contributed by atoms with Gasteiger partial charge in [-0.3, -0.25) is 14.0 Å². The number of nitrogens with zero attached hydrogens (tertiary/aromatic N) is 4. The van der Waals surface area contributed by atoms with E-state index in [1.54, 1.807) is 74.0 Å². The third kappa shape index (κ3) is 5.27. The highest BCUT2D eigenvalue weighted by molar-refractivity contribution is 6.30. The number of halogens is 1. The molecule has 9 nitrogen and oxygen atoms in total. The summed E-state index contributed by atoms with van der Waals surface area (Å²) in [5, 5.41) is 0.747. The lowest BCUT2D eigenvalue weighted by Gasteiger charge is -2.23. The Morgan fingerprint density at radius 2 is 1.84 bits per heavy atom. The number of amides is 1. The Morgan fingerprint density at radius 3 is 2.51 bits per heavy atom. The molecule has 0 radical (unpaired) electrons. The zero-order valence-corrected chi connectivity index (χ0v) is 21.8. The molecule has 3 heterocycles. The number of carbonyl (C=O) groups excluding carboxylic acids is 2. The molecule has 0 bridgehead atoms. The average Bonchev–Trinajstić information content (AvgIpc) is 2.87. The van der Waals surface area contributed by atoms with Gasteiger partial charge in [0, 0.05) is 17.8 Å². The number of hydrogen-bond donors (Lipinski definition) is 0. The Balaban J connectivity index is 1.98. The van der Waals surface area contributed by atoms with Crippen molar-refractivity contribution < 1.29 is 19.1 Å². The van der Waals surface area contributed by atoms with E-state index in [0.717, 1.165) is 0 Å². The van der Waals surface area contributed by atoms with Gasteiger partial charge >= 0.3 is 5.97 Å². The Labute approximate surface area is 218 Å². The molecule has 0 aliphatic carbocycles. The van der Waals surface area contributed by atoms with Gasteiger partial charge < -0.3 is 14.0 Å². The molecule has 0 N–H and O–H groups in total. The monoisotopic (exact) mass is 522 g/mol. The van der Waals surface area contributed by atoms with E-state index in [4.69, 9.17) is 21.1 Å². The first-order valence-electron chi connectivity index (χ1n) is 11.9. The van der Waals surface area contributed by atoms with Gasteiger partial charge in [0.15, 0.2) is 11.1 Å². The summed E-state index contributed by atoms with van der Waals surface area (Å²) in [7, 11) is 0. The maximum atomic E-state index is 13.4. The zero-order chi connectivity index (χ0) is 26.7. The van der Waals surface area contributed by atoms with Gasteiger partial charge in [0.1, 0.15) is 22.6 Å². The molecule has 0 saturated carbocycles. The van der Waals surface area contributed by atoms with Gasteiger partial charge in [-0.2, -0.15) is 4.99 Å². The van der Waals surface area contributed by atoms with Gasteiger partial charge in [0.25, 0.3) is 11.5 Å². The molecule has 0 spiro atoms. The van der Waals surface area contributed by atoms with Crippen LogP contribution >= 0.6 is 11.6 Å². The molecule has 4 aromatic rings. The van der Waals surface area contributed by atoms with Gasteiger partial charge in [0.2, 0.25) is 0 Å². The van der Waals surface area contributed by atoms with Crippen LogP contribution in [0.1, 0.15) is 44.5 Å². The predicted octanol–water partition coefficient (Wildman–Crippen LogP) is 4.17. The van der Waals surface area contributed by atoms with Crippen LogP contribution in [0.3, 0.4) is 0 Å². The van der Waals surface area contributed by atoms with Gasteiger partial charge in [-0.05, 0) is 69.7 Å². The first kappa shape index (κ1) is 26.1. The minimum atomic E-state index is -1.38. The zero-order valence-electron chi connectivity index (χ0n) is 21.0. The number of fused-ring (bicyclic) bond motifs is 2. The summed E-state index contributed by atoms with van der Waals surface area (Å²) in [6, 6.07) is 13.2. The highest BCUT2D eigenvalue weighted by atomic mass is 35.5. The lowest BCUT2D eigenvalue weighted by Crippen LogP contribution is -2.40. The van der Waals surface area contributed by atoms with E-state index < -0.39 is 17.5 Å². The van der Waals surface area contributed by atoms with Crippen LogP contribution in [0.2, 0.25) is 5.02 Å². The van der Waals surface area contributed by atoms with Crippen molar-refractivity contribution in [3.8, 4) is 5.75 Å². The number of pyridine rings is 2. The predicted molar refractivity (Wildman–Crippen MR) is 140 cm³/mol. The van der Waals surface area contributed by atoms with Crippen LogP contribution in [0, 0.1) is 0 Å². The van der Waals surface area contributed by atoms with Crippen molar-refractivity contribution >= 4 is 40.2 Å². The number of aromatic nitrogens is 3. The molecule has 0 aliphatic heterocycles. The lowest BCUT2D eigenvalue weighted by molar-refractivity contribution is -0.130. The SMILES string of the molecule is CCCn1c(=NC(=O)C(C)(C)Oc2ccc(Cl)cc2)c(C(=O)OCC)cc2c(=O)n3ccccc3nc21. The summed E-state index contributed by atoms with van der Waals surface area (Å²) in [5.41, 5.74) is -0.937. The second-order valence-corrected chi connectivity index (χ2v) is 9.26. The highest BCUT2D eigenvalue weighted by Crippen LogP contribution is 2.22. The molecule has 1 aromatic carbocycles. The number of hydrogen-bond acceptors (Lipinski definition) is 6. The van der Waals surface area contributed by atoms with Crippen molar-refractivity contribution in [1.29, 1.82) is 0 Å². The lowest BCUT2D eigenvalue weighted by atomic mass is 10.1. The van der Waals surface area contributed by atoms with Crippen LogP contribution in [0.25, 0.3) is 16.7 Å². The first-order chi connectivity index (χ1) is 17.7. The maximum absolute atomic E-state index is 13.4. The Bertz CT molecular complexity index is 1620. The van der Waals surface area contributed by atoms with E-state index in [9.17, 15) is 14.4 Å². The smallest absolute Gasteiger partial charge is 0.341 e. The summed E-state index contributed by atoms with van der Waals surface area (Å²) in [6.45, 7) is 7.24. The molecule has 0 aliphatic rings. The van der Waals surface area contributed by atoms with Gasteiger partial charge in [-0.1, -0.05) is 24.6 Å². The fraction of sp³-hybridized carbons (Fsp3) is 0.296. The standard InChI is InChI=1S/C27H27ClN4O5/c1-5-14-32-22-19(24(33)31-15-8-7-9-21(31)29-22)16-20(25(34)36-6-2)23(32)30-26(35)27(3,4)37-18-12-10-17(28)11-13-18/h7-13,15-16H,5-6,14H2,1-4H3. The summed E-state index contributed by atoms with van der Waals surface area (Å²) < 4.78 is 14.2. The van der Waals surface area contributed by atoms with E-state index in [0.29, 0.717) is 35.0 Å². The third-order valence-corrected chi connectivity index (χ3v) is 5.89. The van der Waals surface area contributed by atoms with Gasteiger partial charge in [-0.15, -0.1) is 0 Å². The van der Waals surface area contributed by atoms with Crippen molar-refractivity contribution in [2.24, 2.45) is 4.99 Å². The van der Waals surface area contributed by atoms with Crippen molar-refractivity contribution in [3.63, 3.8) is 0 Å². The minimum Gasteiger partial charge on any atom is -0.478 e. The third-order valence-electron chi connectivity index (χ3n) is 5.64. The summed E-state index contributed by atoms with van der Waals surface area (Å²) >= 11 is 5.95. The summed E-state index contributed by atoms with van der Waals surface area (Å²) in [5.74, 6) is -0.894. The molecule has 192 valence electrons. The quantitative estimate of drug-likeness (QED) is 0.266. The Kier molecular flexibility index (Phi) is 7.45. The fourth-order valence-corrected chi connectivity index (χ4v) is 3.99. The van der Waals surface area contributed by atoms with Crippen LogP contribution in [0.4, 0.5) is 0 Å². The van der Waals surface area contributed by atoms with Crippen LogP contribution < -0.4 is 15.8 Å². The molecule has 37 heavy (non-hydrogen) atoms. The maximum Gasteiger partial charge on any atom is 0.341 e. The van der Waals surface area contributed by atoms with Crippen molar-refractivity contribution in [2.75, 3.05) is 6.61 Å². The van der Waals surface area contributed by atoms with E-state index in [-0.39, 0.29) is 28.6 Å². The molecule has 0 unspecified atom stereocenters. The number of rotatable bonds is 7. The van der Waals surface area contributed by atoms with Crippen molar-refractivity contribution in [2.45, 2.75) is 46.3 Å². The highest BCUT2D eigenvalue weighted by Gasteiger charge is 2.31. The van der Waals surface area contributed by atoms with Crippen LogP contribution in [-0.4, -0.2) is 38.0 Å². The largest absolute Gasteiger partial charge is 0.478 e. The summed E-state index contributed by atoms with van der Waals surface area (Å²) in [4.78, 5) is 48.8. The van der Waals surface area contributed by atoms with Gasteiger partial charge in [-0.25, -0.2) is 9.78 Å². The number of benzene rings is 1.